The van der Waals surface area contributed by atoms with E-state index in [2.05, 4.69) is 55.2 Å². The lowest BCUT2D eigenvalue weighted by molar-refractivity contribution is 0.0705. The van der Waals surface area contributed by atoms with Crippen molar-refractivity contribution in [3.05, 3.63) is 94.6 Å². The monoisotopic (exact) mass is 385 g/mol. The maximum atomic E-state index is 12.9. The molecule has 29 heavy (non-hydrogen) atoms. The number of hydrogen-bond acceptors (Lipinski definition) is 3. The summed E-state index contributed by atoms with van der Waals surface area (Å²) in [6.07, 6.45) is 6.34. The van der Waals surface area contributed by atoms with Gasteiger partial charge in [0.1, 0.15) is 0 Å². The van der Waals surface area contributed by atoms with Crippen LogP contribution in [0.15, 0.2) is 60.9 Å². The summed E-state index contributed by atoms with van der Waals surface area (Å²) in [7, 11) is 0. The van der Waals surface area contributed by atoms with E-state index in [9.17, 15) is 4.79 Å². The van der Waals surface area contributed by atoms with Crippen molar-refractivity contribution in [2.24, 2.45) is 0 Å². The van der Waals surface area contributed by atoms with Gasteiger partial charge in [-0.25, -0.2) is 0 Å². The summed E-state index contributed by atoms with van der Waals surface area (Å²) in [5.74, 6) is 0.370. The molecule has 0 radical (unpaired) electrons. The van der Waals surface area contributed by atoms with Crippen molar-refractivity contribution in [1.82, 2.24) is 14.9 Å². The molecule has 4 rings (SSSR count). The summed E-state index contributed by atoms with van der Waals surface area (Å²) in [5.41, 5.74) is 6.82. The molecule has 1 fully saturated rings. The molecule has 1 atom stereocenters. The normalized spacial score (nSPS) is 16.6. The zero-order valence-electron chi connectivity index (χ0n) is 17.1. The fraction of sp³-hybridized carbons (Fsp3) is 0.320. The highest BCUT2D eigenvalue weighted by Crippen LogP contribution is 2.28. The molecule has 4 heteroatoms. The number of aryl methyl sites for hydroxylation is 2. The van der Waals surface area contributed by atoms with Crippen LogP contribution in [0.25, 0.3) is 0 Å². The molecule has 3 aromatic rings. The van der Waals surface area contributed by atoms with E-state index in [1.165, 1.54) is 16.7 Å². The fourth-order valence-corrected chi connectivity index (χ4v) is 4.19. The maximum absolute atomic E-state index is 12.9. The van der Waals surface area contributed by atoms with Gasteiger partial charge in [-0.1, -0.05) is 24.3 Å². The highest BCUT2D eigenvalue weighted by atomic mass is 16.2. The van der Waals surface area contributed by atoms with Crippen LogP contribution < -0.4 is 0 Å². The Morgan fingerprint density at radius 2 is 1.90 bits per heavy atom. The molecular weight excluding hydrogens is 358 g/mol. The van der Waals surface area contributed by atoms with Gasteiger partial charge in [0.05, 0.1) is 0 Å². The second-order valence-electron chi connectivity index (χ2n) is 7.97. The first-order valence-electron chi connectivity index (χ1n) is 10.3. The van der Waals surface area contributed by atoms with Crippen LogP contribution in [-0.4, -0.2) is 33.9 Å². The Bertz CT molecular complexity index is 1000. The third-order valence-corrected chi connectivity index (χ3v) is 5.74. The Morgan fingerprint density at radius 3 is 2.69 bits per heavy atom. The van der Waals surface area contributed by atoms with E-state index < -0.39 is 0 Å². The Hall–Kier alpha value is -3.01. The maximum Gasteiger partial charge on any atom is 0.253 e. The lowest BCUT2D eigenvalue weighted by atomic mass is 9.91. The quantitative estimate of drug-likeness (QED) is 0.654. The van der Waals surface area contributed by atoms with Gasteiger partial charge in [0.2, 0.25) is 0 Å². The number of benzene rings is 1. The van der Waals surface area contributed by atoms with Crippen LogP contribution in [0.4, 0.5) is 0 Å². The van der Waals surface area contributed by atoms with Crippen LogP contribution >= 0.6 is 0 Å². The molecule has 1 aliphatic heterocycles. The number of amides is 1. The van der Waals surface area contributed by atoms with Crippen LogP contribution in [0.3, 0.4) is 0 Å². The van der Waals surface area contributed by atoms with Crippen LogP contribution in [-0.2, 0) is 6.42 Å². The molecule has 0 aliphatic carbocycles. The van der Waals surface area contributed by atoms with Gasteiger partial charge in [-0.05, 0) is 74.1 Å². The summed E-state index contributed by atoms with van der Waals surface area (Å²) in [4.78, 5) is 23.7. The number of hydrogen-bond donors (Lipinski definition) is 0. The number of piperidine rings is 1. The summed E-state index contributed by atoms with van der Waals surface area (Å²) in [6.45, 7) is 5.75. The minimum absolute atomic E-state index is 0.0879. The predicted molar refractivity (Wildman–Crippen MR) is 115 cm³/mol. The second-order valence-corrected chi connectivity index (χ2v) is 7.97. The number of carbonyl (C=O) groups is 1. The zero-order chi connectivity index (χ0) is 20.2. The number of rotatable bonds is 4. The highest BCUT2D eigenvalue weighted by Gasteiger charge is 2.26. The van der Waals surface area contributed by atoms with Crippen LogP contribution in [0.5, 0.6) is 0 Å². The molecule has 0 N–H and O–H groups in total. The number of likely N-dealkylation sites (tertiary alicyclic amines) is 1. The van der Waals surface area contributed by atoms with Crippen molar-refractivity contribution < 1.29 is 4.79 Å². The van der Waals surface area contributed by atoms with E-state index in [1.54, 1.807) is 24.5 Å². The minimum atomic E-state index is 0.0879. The predicted octanol–water partition coefficient (Wildman–Crippen LogP) is 4.70. The first-order valence-corrected chi connectivity index (χ1v) is 10.3. The standard InChI is InChI=1S/C25H27N3O/c1-18-6-3-4-7-22(18)15-20-14-19(2)27-24(16-20)23-8-5-13-28(17-23)25(29)21-9-11-26-12-10-21/h3-4,6-7,9-12,14,16,23H,5,8,13,15,17H2,1-2H3/t23-/m1/s1. The van der Waals surface area contributed by atoms with Gasteiger partial charge >= 0.3 is 0 Å². The van der Waals surface area contributed by atoms with E-state index in [4.69, 9.17) is 4.98 Å². The number of carbonyl (C=O) groups excluding carboxylic acids is 1. The van der Waals surface area contributed by atoms with Crippen LogP contribution in [0, 0.1) is 13.8 Å². The van der Waals surface area contributed by atoms with Crippen LogP contribution in [0.1, 0.15) is 57.2 Å². The molecule has 1 saturated heterocycles. The van der Waals surface area contributed by atoms with Crippen molar-refractivity contribution >= 4 is 5.91 Å². The van der Waals surface area contributed by atoms with Gasteiger partial charge in [-0.3, -0.25) is 14.8 Å². The molecule has 2 aromatic heterocycles. The van der Waals surface area contributed by atoms with Crippen LogP contribution in [0.2, 0.25) is 0 Å². The Labute approximate surface area is 172 Å². The average Bonchev–Trinajstić information content (AvgIpc) is 2.75. The van der Waals surface area contributed by atoms with Crippen molar-refractivity contribution in [1.29, 1.82) is 0 Å². The Morgan fingerprint density at radius 1 is 1.10 bits per heavy atom. The van der Waals surface area contributed by atoms with Gasteiger partial charge in [-0.2, -0.15) is 0 Å². The fourth-order valence-electron chi connectivity index (χ4n) is 4.19. The molecule has 0 unspecified atom stereocenters. The Balaban J connectivity index is 1.54. The Kier molecular flexibility index (Phi) is 5.70. The van der Waals surface area contributed by atoms with Crippen molar-refractivity contribution in [3.8, 4) is 0 Å². The van der Waals surface area contributed by atoms with Crippen molar-refractivity contribution in [3.63, 3.8) is 0 Å². The number of aromatic nitrogens is 2. The van der Waals surface area contributed by atoms with E-state index >= 15 is 0 Å². The molecule has 3 heterocycles. The summed E-state index contributed by atoms with van der Waals surface area (Å²) < 4.78 is 0. The topological polar surface area (TPSA) is 46.1 Å². The molecule has 148 valence electrons. The van der Waals surface area contributed by atoms with Gasteiger partial charge < -0.3 is 4.90 Å². The molecule has 0 spiro atoms. The molecule has 1 aromatic carbocycles. The molecule has 4 nitrogen and oxygen atoms in total. The molecule has 0 saturated carbocycles. The van der Waals surface area contributed by atoms with E-state index in [-0.39, 0.29) is 11.8 Å². The average molecular weight is 386 g/mol. The summed E-state index contributed by atoms with van der Waals surface area (Å²) in [6, 6.07) is 16.5. The van der Waals surface area contributed by atoms with Crippen molar-refractivity contribution in [2.75, 3.05) is 13.1 Å². The van der Waals surface area contributed by atoms with E-state index in [0.717, 1.165) is 43.7 Å². The zero-order valence-corrected chi connectivity index (χ0v) is 17.1. The van der Waals surface area contributed by atoms with Gasteiger partial charge in [0.25, 0.3) is 5.91 Å². The lowest BCUT2D eigenvalue weighted by Crippen LogP contribution is -2.39. The first kappa shape index (κ1) is 19.3. The molecule has 0 bridgehead atoms. The molecular formula is C25H27N3O. The first-order chi connectivity index (χ1) is 14.1. The summed E-state index contributed by atoms with van der Waals surface area (Å²) in [5, 5.41) is 0. The number of pyridine rings is 2. The summed E-state index contributed by atoms with van der Waals surface area (Å²) >= 11 is 0. The molecule has 1 aliphatic rings. The van der Waals surface area contributed by atoms with Gasteiger partial charge in [0.15, 0.2) is 0 Å². The van der Waals surface area contributed by atoms with Crippen molar-refractivity contribution in [2.45, 2.75) is 39.0 Å². The highest BCUT2D eigenvalue weighted by molar-refractivity contribution is 5.94. The molecule has 1 amide bonds. The largest absolute Gasteiger partial charge is 0.338 e. The lowest BCUT2D eigenvalue weighted by Gasteiger charge is -2.33. The van der Waals surface area contributed by atoms with Gasteiger partial charge in [-0.15, -0.1) is 0 Å². The van der Waals surface area contributed by atoms with E-state index in [1.807, 2.05) is 4.90 Å². The smallest absolute Gasteiger partial charge is 0.253 e. The van der Waals surface area contributed by atoms with E-state index in [0.29, 0.717) is 5.56 Å². The third-order valence-electron chi connectivity index (χ3n) is 5.74. The SMILES string of the molecule is Cc1cc(Cc2ccccc2C)cc([C@@H]2CCCN(C(=O)c3ccncc3)C2)n1. The third kappa shape index (κ3) is 4.53. The second kappa shape index (κ2) is 8.56. The van der Waals surface area contributed by atoms with Gasteiger partial charge in [0, 0.05) is 48.4 Å². The number of nitrogens with zero attached hydrogens (tertiary/aromatic N) is 3. The minimum Gasteiger partial charge on any atom is -0.338 e.